The lowest BCUT2D eigenvalue weighted by atomic mass is 9.80. The number of hydrogen-bond donors (Lipinski definition) is 1. The van der Waals surface area contributed by atoms with E-state index in [9.17, 15) is 14.4 Å². The van der Waals surface area contributed by atoms with E-state index in [0.29, 0.717) is 18.6 Å². The largest absolute Gasteiger partial charge is 0.497 e. The van der Waals surface area contributed by atoms with Gasteiger partial charge in [0.25, 0.3) is 5.91 Å². The van der Waals surface area contributed by atoms with Crippen LogP contribution in [0.3, 0.4) is 0 Å². The maximum Gasteiger partial charge on any atom is 0.308 e. The van der Waals surface area contributed by atoms with Crippen molar-refractivity contribution >= 4 is 17.8 Å². The van der Waals surface area contributed by atoms with Gasteiger partial charge in [-0.3, -0.25) is 14.4 Å². The second-order valence-electron chi connectivity index (χ2n) is 7.88. The third kappa shape index (κ3) is 3.94. The molecule has 0 bridgehead atoms. The van der Waals surface area contributed by atoms with Gasteiger partial charge in [0.1, 0.15) is 12.4 Å². The molecule has 0 radical (unpaired) electrons. The normalized spacial score (nSPS) is 29.0. The predicted molar refractivity (Wildman–Crippen MR) is 102 cm³/mol. The monoisotopic (exact) mass is 402 g/mol. The lowest BCUT2D eigenvalue weighted by molar-refractivity contribution is -0.166. The van der Waals surface area contributed by atoms with E-state index >= 15 is 0 Å². The van der Waals surface area contributed by atoms with Crippen LogP contribution in [-0.4, -0.2) is 61.7 Å². The van der Waals surface area contributed by atoms with Crippen LogP contribution in [0.5, 0.6) is 5.75 Å². The summed E-state index contributed by atoms with van der Waals surface area (Å²) < 4.78 is 15.7. The van der Waals surface area contributed by atoms with Gasteiger partial charge in [-0.05, 0) is 43.4 Å². The molecule has 1 aromatic carbocycles. The van der Waals surface area contributed by atoms with Crippen LogP contribution >= 0.6 is 0 Å². The van der Waals surface area contributed by atoms with Crippen molar-refractivity contribution in [1.29, 1.82) is 0 Å². The fourth-order valence-corrected chi connectivity index (χ4v) is 4.14. The number of methoxy groups -OCH3 is 2. The summed E-state index contributed by atoms with van der Waals surface area (Å²) in [7, 11) is 2.96. The summed E-state index contributed by atoms with van der Waals surface area (Å²) in [6.45, 7) is -0.101. The second-order valence-corrected chi connectivity index (χ2v) is 7.88. The Hall–Kier alpha value is -2.61. The van der Waals surface area contributed by atoms with Crippen molar-refractivity contribution in [2.24, 2.45) is 5.92 Å². The minimum atomic E-state index is -0.793. The highest BCUT2D eigenvalue weighted by molar-refractivity contribution is 5.87. The molecule has 3 fully saturated rings. The molecule has 1 aromatic rings. The van der Waals surface area contributed by atoms with Crippen LogP contribution in [0.15, 0.2) is 24.3 Å². The molecular formula is C21H26N2O6. The molecule has 0 spiro atoms. The average molecular weight is 402 g/mol. The number of nitrogens with one attached hydrogen (secondary N) is 1. The molecule has 156 valence electrons. The summed E-state index contributed by atoms with van der Waals surface area (Å²) in [4.78, 5) is 39.0. The number of morpholine rings is 1. The lowest BCUT2D eigenvalue weighted by Crippen LogP contribution is -2.57. The Morgan fingerprint density at radius 2 is 1.83 bits per heavy atom. The molecule has 1 N–H and O–H groups in total. The summed E-state index contributed by atoms with van der Waals surface area (Å²) in [6, 6.07) is 6.98. The zero-order valence-electron chi connectivity index (χ0n) is 16.6. The van der Waals surface area contributed by atoms with Gasteiger partial charge in [0.05, 0.1) is 26.2 Å². The lowest BCUT2D eigenvalue weighted by Gasteiger charge is -2.42. The fraction of sp³-hybridized carbons (Fsp3) is 0.571. The van der Waals surface area contributed by atoms with Gasteiger partial charge in [-0.15, -0.1) is 0 Å². The van der Waals surface area contributed by atoms with E-state index < -0.39 is 12.1 Å². The SMILES string of the molecule is COC(=O)C1CC(NC(=O)[C@H]2OCC(=O)N(C3CC3)[C@@H]2c2ccc(OC)cc2)C1. The van der Waals surface area contributed by atoms with E-state index in [0.717, 1.165) is 18.4 Å². The molecular weight excluding hydrogens is 376 g/mol. The topological polar surface area (TPSA) is 94.2 Å². The van der Waals surface area contributed by atoms with Gasteiger partial charge in [-0.1, -0.05) is 12.1 Å². The van der Waals surface area contributed by atoms with E-state index in [4.69, 9.17) is 14.2 Å². The Bertz CT molecular complexity index is 785. The summed E-state index contributed by atoms with van der Waals surface area (Å²) in [5, 5.41) is 2.98. The molecule has 3 aliphatic rings. The number of carbonyl (C=O) groups excluding carboxylic acids is 3. The highest BCUT2D eigenvalue weighted by atomic mass is 16.5. The smallest absolute Gasteiger partial charge is 0.308 e. The van der Waals surface area contributed by atoms with E-state index in [1.54, 1.807) is 7.11 Å². The number of nitrogens with zero attached hydrogens (tertiary/aromatic N) is 1. The predicted octanol–water partition coefficient (Wildman–Crippen LogP) is 1.19. The number of ether oxygens (including phenoxy) is 3. The zero-order valence-corrected chi connectivity index (χ0v) is 16.6. The molecule has 2 atom stereocenters. The van der Waals surface area contributed by atoms with Crippen molar-refractivity contribution in [3.05, 3.63) is 29.8 Å². The molecule has 2 aliphatic carbocycles. The quantitative estimate of drug-likeness (QED) is 0.719. The molecule has 4 rings (SSSR count). The van der Waals surface area contributed by atoms with Crippen LogP contribution in [0, 0.1) is 5.92 Å². The average Bonchev–Trinajstić information content (AvgIpc) is 3.54. The van der Waals surface area contributed by atoms with Crippen molar-refractivity contribution in [2.75, 3.05) is 20.8 Å². The summed E-state index contributed by atoms with van der Waals surface area (Å²) in [5.74, 6) is -0.0475. The summed E-state index contributed by atoms with van der Waals surface area (Å²) >= 11 is 0. The van der Waals surface area contributed by atoms with Gasteiger partial charge < -0.3 is 24.4 Å². The van der Waals surface area contributed by atoms with Crippen molar-refractivity contribution in [2.45, 2.75) is 49.9 Å². The van der Waals surface area contributed by atoms with Gasteiger partial charge in [0.15, 0.2) is 6.10 Å². The number of benzene rings is 1. The van der Waals surface area contributed by atoms with Crippen molar-refractivity contribution in [3.8, 4) is 5.75 Å². The fourth-order valence-electron chi connectivity index (χ4n) is 4.14. The van der Waals surface area contributed by atoms with E-state index in [1.807, 2.05) is 29.2 Å². The zero-order chi connectivity index (χ0) is 20.5. The van der Waals surface area contributed by atoms with E-state index in [2.05, 4.69) is 5.32 Å². The molecule has 1 heterocycles. The van der Waals surface area contributed by atoms with Gasteiger partial charge in [-0.2, -0.15) is 0 Å². The Labute approximate surface area is 169 Å². The van der Waals surface area contributed by atoms with Crippen molar-refractivity contribution < 1.29 is 28.6 Å². The second kappa shape index (κ2) is 8.02. The number of amides is 2. The molecule has 29 heavy (non-hydrogen) atoms. The molecule has 2 amide bonds. The van der Waals surface area contributed by atoms with E-state index in [-0.39, 0.29) is 42.4 Å². The number of esters is 1. The molecule has 8 heteroatoms. The Morgan fingerprint density at radius 1 is 1.14 bits per heavy atom. The summed E-state index contributed by atoms with van der Waals surface area (Å²) in [5.41, 5.74) is 0.840. The van der Waals surface area contributed by atoms with Gasteiger partial charge in [0, 0.05) is 12.1 Å². The molecule has 1 aliphatic heterocycles. The standard InChI is InChI=1S/C21H26N2O6/c1-27-16-7-3-12(4-8-16)18-19(29-11-17(24)23(18)15-5-6-15)20(25)22-14-9-13(10-14)21(26)28-2/h3-4,7-8,13-15,18-19H,5-6,9-11H2,1-2H3,(H,22,25)/t13?,14?,18-,19+/m1/s1. The van der Waals surface area contributed by atoms with Gasteiger partial charge >= 0.3 is 5.97 Å². The van der Waals surface area contributed by atoms with Gasteiger partial charge in [0.2, 0.25) is 5.91 Å². The molecule has 8 nitrogen and oxygen atoms in total. The van der Waals surface area contributed by atoms with Crippen LogP contribution in [0.2, 0.25) is 0 Å². The summed E-state index contributed by atoms with van der Waals surface area (Å²) in [6.07, 6.45) is 2.21. The van der Waals surface area contributed by atoms with Gasteiger partial charge in [-0.25, -0.2) is 0 Å². The first-order valence-corrected chi connectivity index (χ1v) is 9.96. The minimum Gasteiger partial charge on any atom is -0.497 e. The highest BCUT2D eigenvalue weighted by Gasteiger charge is 2.48. The van der Waals surface area contributed by atoms with Crippen LogP contribution in [0.25, 0.3) is 0 Å². The third-order valence-electron chi connectivity index (χ3n) is 5.94. The van der Waals surface area contributed by atoms with Crippen LogP contribution in [0.1, 0.15) is 37.3 Å². The van der Waals surface area contributed by atoms with E-state index in [1.165, 1.54) is 7.11 Å². The van der Waals surface area contributed by atoms with Crippen molar-refractivity contribution in [1.82, 2.24) is 10.2 Å². The Kier molecular flexibility index (Phi) is 5.45. The first-order valence-electron chi connectivity index (χ1n) is 9.96. The maximum absolute atomic E-state index is 13.0. The molecule has 2 saturated carbocycles. The molecule has 0 unspecified atom stereocenters. The van der Waals surface area contributed by atoms with Crippen molar-refractivity contribution in [3.63, 3.8) is 0 Å². The number of rotatable bonds is 6. The first-order chi connectivity index (χ1) is 14.0. The van der Waals surface area contributed by atoms with Crippen LogP contribution < -0.4 is 10.1 Å². The maximum atomic E-state index is 13.0. The highest BCUT2D eigenvalue weighted by Crippen LogP contribution is 2.40. The third-order valence-corrected chi connectivity index (χ3v) is 5.94. The van der Waals surface area contributed by atoms with Crippen LogP contribution in [-0.2, 0) is 23.9 Å². The number of hydrogen-bond acceptors (Lipinski definition) is 6. The molecule has 1 saturated heterocycles. The Morgan fingerprint density at radius 3 is 2.41 bits per heavy atom. The number of carbonyl (C=O) groups is 3. The molecule has 0 aromatic heterocycles. The Balaban J connectivity index is 1.51. The minimum absolute atomic E-state index is 0.0845. The first kappa shape index (κ1) is 19.7. The van der Waals surface area contributed by atoms with Crippen LogP contribution in [0.4, 0.5) is 0 Å².